The average molecular weight is 288 g/mol. The first-order valence-electron chi connectivity index (χ1n) is 7.30. The van der Waals surface area contributed by atoms with Crippen LogP contribution >= 0.6 is 0 Å². The van der Waals surface area contributed by atoms with E-state index in [0.29, 0.717) is 6.54 Å². The summed E-state index contributed by atoms with van der Waals surface area (Å²) in [7, 11) is 3.65. The second-order valence-corrected chi connectivity index (χ2v) is 5.07. The normalized spacial score (nSPS) is 10.6. The fraction of sp³-hybridized carbons (Fsp3) is 0.438. The third-order valence-corrected chi connectivity index (χ3v) is 3.49. The molecule has 2 aromatic rings. The fourth-order valence-electron chi connectivity index (χ4n) is 2.39. The van der Waals surface area contributed by atoms with Gasteiger partial charge in [0.2, 0.25) is 0 Å². The van der Waals surface area contributed by atoms with Gasteiger partial charge in [-0.15, -0.1) is 0 Å². The summed E-state index contributed by atoms with van der Waals surface area (Å²) in [5.41, 5.74) is 8.03. The lowest BCUT2D eigenvalue weighted by Crippen LogP contribution is -2.28. The van der Waals surface area contributed by atoms with Gasteiger partial charge in [0, 0.05) is 26.3 Å². The van der Waals surface area contributed by atoms with E-state index < -0.39 is 0 Å². The van der Waals surface area contributed by atoms with Crippen molar-refractivity contribution in [1.82, 2.24) is 9.78 Å². The standard InChI is InChI=1S/C16H24N4O/c1-19-13-14(12-18-19)8-11-20(10-5-9-17)15-6-3-4-7-16(15)21-2/h3-4,6-7,12-13H,5,8-11,17H2,1-2H3. The molecule has 0 saturated heterocycles. The summed E-state index contributed by atoms with van der Waals surface area (Å²) in [5.74, 6) is 0.903. The number of benzene rings is 1. The van der Waals surface area contributed by atoms with Crippen LogP contribution in [0.4, 0.5) is 5.69 Å². The van der Waals surface area contributed by atoms with Crippen molar-refractivity contribution < 1.29 is 4.74 Å². The van der Waals surface area contributed by atoms with Gasteiger partial charge in [-0.1, -0.05) is 12.1 Å². The number of hydrogen-bond acceptors (Lipinski definition) is 4. The molecule has 0 bridgehead atoms. The molecular weight excluding hydrogens is 264 g/mol. The summed E-state index contributed by atoms with van der Waals surface area (Å²) in [6, 6.07) is 8.12. The number of aromatic nitrogens is 2. The van der Waals surface area contributed by atoms with E-state index >= 15 is 0 Å². The summed E-state index contributed by atoms with van der Waals surface area (Å²) < 4.78 is 7.31. The molecule has 5 nitrogen and oxygen atoms in total. The Morgan fingerprint density at radius 1 is 1.29 bits per heavy atom. The second-order valence-electron chi connectivity index (χ2n) is 5.07. The van der Waals surface area contributed by atoms with Gasteiger partial charge >= 0.3 is 0 Å². The van der Waals surface area contributed by atoms with Gasteiger partial charge < -0.3 is 15.4 Å². The minimum atomic E-state index is 0.693. The summed E-state index contributed by atoms with van der Waals surface area (Å²) in [5, 5.41) is 4.22. The van der Waals surface area contributed by atoms with Crippen molar-refractivity contribution in [1.29, 1.82) is 0 Å². The minimum Gasteiger partial charge on any atom is -0.495 e. The van der Waals surface area contributed by atoms with Gasteiger partial charge in [0.25, 0.3) is 0 Å². The zero-order valence-corrected chi connectivity index (χ0v) is 12.8. The predicted octanol–water partition coefficient (Wildman–Crippen LogP) is 1.83. The maximum Gasteiger partial charge on any atom is 0.142 e. The molecule has 5 heteroatoms. The number of ether oxygens (including phenoxy) is 1. The van der Waals surface area contributed by atoms with Crippen LogP contribution in [0.1, 0.15) is 12.0 Å². The quantitative estimate of drug-likeness (QED) is 0.805. The van der Waals surface area contributed by atoms with Crippen LogP contribution in [0, 0.1) is 0 Å². The number of nitrogens with zero attached hydrogens (tertiary/aromatic N) is 3. The van der Waals surface area contributed by atoms with Gasteiger partial charge in [0.05, 0.1) is 19.0 Å². The van der Waals surface area contributed by atoms with Gasteiger partial charge in [-0.25, -0.2) is 0 Å². The summed E-state index contributed by atoms with van der Waals surface area (Å²) in [6.45, 7) is 2.54. The highest BCUT2D eigenvalue weighted by atomic mass is 16.5. The third-order valence-electron chi connectivity index (χ3n) is 3.49. The van der Waals surface area contributed by atoms with E-state index in [2.05, 4.69) is 22.3 Å². The van der Waals surface area contributed by atoms with E-state index in [-0.39, 0.29) is 0 Å². The van der Waals surface area contributed by atoms with Gasteiger partial charge in [-0.2, -0.15) is 5.10 Å². The van der Waals surface area contributed by atoms with Gasteiger partial charge in [0.1, 0.15) is 5.75 Å². The lowest BCUT2D eigenvalue weighted by atomic mass is 10.2. The van der Waals surface area contributed by atoms with E-state index in [4.69, 9.17) is 10.5 Å². The highest BCUT2D eigenvalue weighted by Crippen LogP contribution is 2.27. The van der Waals surface area contributed by atoms with Gasteiger partial charge in [-0.05, 0) is 37.1 Å². The van der Waals surface area contributed by atoms with E-state index in [0.717, 1.165) is 37.4 Å². The predicted molar refractivity (Wildman–Crippen MR) is 85.8 cm³/mol. The van der Waals surface area contributed by atoms with Crippen molar-refractivity contribution in [3.05, 3.63) is 42.2 Å². The number of methoxy groups -OCH3 is 1. The lowest BCUT2D eigenvalue weighted by molar-refractivity contribution is 0.414. The molecule has 2 rings (SSSR count). The molecule has 0 aliphatic carbocycles. The smallest absolute Gasteiger partial charge is 0.142 e. The van der Waals surface area contributed by atoms with Crippen molar-refractivity contribution in [2.45, 2.75) is 12.8 Å². The molecule has 0 aliphatic heterocycles. The van der Waals surface area contributed by atoms with Crippen LogP contribution in [0.3, 0.4) is 0 Å². The van der Waals surface area contributed by atoms with Gasteiger partial charge in [0.15, 0.2) is 0 Å². The summed E-state index contributed by atoms with van der Waals surface area (Å²) >= 11 is 0. The molecule has 21 heavy (non-hydrogen) atoms. The number of rotatable bonds is 8. The molecular formula is C16H24N4O. The number of anilines is 1. The molecule has 0 aliphatic rings. The van der Waals surface area contributed by atoms with Crippen LogP contribution in [0.15, 0.2) is 36.7 Å². The van der Waals surface area contributed by atoms with E-state index in [1.807, 2.05) is 36.1 Å². The first-order valence-corrected chi connectivity index (χ1v) is 7.30. The molecule has 1 aromatic carbocycles. The first-order chi connectivity index (χ1) is 10.2. The molecule has 0 spiro atoms. The summed E-state index contributed by atoms with van der Waals surface area (Å²) in [4.78, 5) is 2.33. The van der Waals surface area contributed by atoms with E-state index in [1.54, 1.807) is 7.11 Å². The first kappa shape index (κ1) is 15.4. The molecule has 0 fully saturated rings. The van der Waals surface area contributed by atoms with E-state index in [1.165, 1.54) is 5.56 Å². The number of aryl methyl sites for hydroxylation is 1. The maximum absolute atomic E-state index is 5.66. The van der Waals surface area contributed by atoms with Crippen molar-refractivity contribution >= 4 is 5.69 Å². The van der Waals surface area contributed by atoms with Crippen molar-refractivity contribution in [2.24, 2.45) is 12.8 Å². The van der Waals surface area contributed by atoms with Crippen LogP contribution in [-0.4, -0.2) is 36.5 Å². The van der Waals surface area contributed by atoms with E-state index in [9.17, 15) is 0 Å². The SMILES string of the molecule is COc1ccccc1N(CCCN)CCc1cnn(C)c1. The lowest BCUT2D eigenvalue weighted by Gasteiger charge is -2.26. The Morgan fingerprint density at radius 3 is 2.76 bits per heavy atom. The fourth-order valence-corrected chi connectivity index (χ4v) is 2.39. The maximum atomic E-state index is 5.66. The highest BCUT2D eigenvalue weighted by Gasteiger charge is 2.11. The van der Waals surface area contributed by atoms with Crippen molar-refractivity contribution in [3.8, 4) is 5.75 Å². The van der Waals surface area contributed by atoms with Crippen molar-refractivity contribution in [2.75, 3.05) is 31.6 Å². The van der Waals surface area contributed by atoms with Crippen LogP contribution in [0.5, 0.6) is 5.75 Å². The molecule has 0 amide bonds. The monoisotopic (exact) mass is 288 g/mol. The van der Waals surface area contributed by atoms with Crippen LogP contribution in [0.25, 0.3) is 0 Å². The van der Waals surface area contributed by atoms with Crippen LogP contribution in [-0.2, 0) is 13.5 Å². The van der Waals surface area contributed by atoms with Crippen LogP contribution in [0.2, 0.25) is 0 Å². The molecule has 0 unspecified atom stereocenters. The number of hydrogen-bond donors (Lipinski definition) is 1. The Bertz CT molecular complexity index is 553. The summed E-state index contributed by atoms with van der Waals surface area (Å²) in [6.07, 6.45) is 5.90. The topological polar surface area (TPSA) is 56.3 Å². The number of para-hydroxylation sites is 2. The second kappa shape index (κ2) is 7.69. The molecule has 0 atom stereocenters. The Balaban J connectivity index is 2.09. The Hall–Kier alpha value is -2.01. The molecule has 0 saturated carbocycles. The minimum absolute atomic E-state index is 0.693. The van der Waals surface area contributed by atoms with Crippen molar-refractivity contribution in [3.63, 3.8) is 0 Å². The Labute approximate surface area is 126 Å². The van der Waals surface area contributed by atoms with Crippen LogP contribution < -0.4 is 15.4 Å². The largest absolute Gasteiger partial charge is 0.495 e. The average Bonchev–Trinajstić information content (AvgIpc) is 2.93. The van der Waals surface area contributed by atoms with Gasteiger partial charge in [-0.3, -0.25) is 4.68 Å². The number of nitrogens with two attached hydrogens (primary N) is 1. The molecule has 0 radical (unpaired) electrons. The third kappa shape index (κ3) is 4.23. The molecule has 2 N–H and O–H groups in total. The Kier molecular flexibility index (Phi) is 5.63. The zero-order valence-electron chi connectivity index (χ0n) is 12.8. The molecule has 1 aromatic heterocycles. The zero-order chi connectivity index (χ0) is 15.1. The Morgan fingerprint density at radius 2 is 2.10 bits per heavy atom. The highest BCUT2D eigenvalue weighted by molar-refractivity contribution is 5.58. The molecule has 1 heterocycles. The molecule has 114 valence electrons.